The summed E-state index contributed by atoms with van der Waals surface area (Å²) < 4.78 is 5.74. The van der Waals surface area contributed by atoms with Gasteiger partial charge in [0, 0.05) is 30.0 Å². The third kappa shape index (κ3) is 2.87. The summed E-state index contributed by atoms with van der Waals surface area (Å²) in [5.41, 5.74) is 0.397. The first kappa shape index (κ1) is 19.4. The number of β-lactam (4-membered cyclic amide) rings is 1. The third-order valence-corrected chi connectivity index (χ3v) is 5.74. The van der Waals surface area contributed by atoms with Crippen LogP contribution in [0.2, 0.25) is 0 Å². The number of nitrogens with zero attached hydrogens (tertiary/aromatic N) is 3. The van der Waals surface area contributed by atoms with Gasteiger partial charge in [0.15, 0.2) is 0 Å². The summed E-state index contributed by atoms with van der Waals surface area (Å²) in [6.07, 6.45) is 2.78. The molecule has 0 N–H and O–H groups in total. The summed E-state index contributed by atoms with van der Waals surface area (Å²) >= 11 is 1.44. The minimum atomic E-state index is -1.40. The van der Waals surface area contributed by atoms with Gasteiger partial charge in [-0.3, -0.25) is 19.5 Å². The molecular formula is C16H14N3NaO5S. The second-order valence-corrected chi connectivity index (χ2v) is 7.03. The monoisotopic (exact) mass is 383 g/mol. The topological polar surface area (TPSA) is 103 Å². The molecule has 26 heavy (non-hydrogen) atoms. The molecule has 8 nitrogen and oxygen atoms in total. The number of carboxylic acids is 1. The van der Waals surface area contributed by atoms with Gasteiger partial charge in [-0.15, -0.1) is 11.8 Å². The number of aliphatic carboxylic acids is 1. The predicted molar refractivity (Wildman–Crippen MR) is 83.7 cm³/mol. The van der Waals surface area contributed by atoms with Crippen molar-refractivity contribution in [3.8, 4) is 0 Å². The van der Waals surface area contributed by atoms with E-state index in [4.69, 9.17) is 4.74 Å². The van der Waals surface area contributed by atoms with Crippen molar-refractivity contribution in [3.05, 3.63) is 35.8 Å². The van der Waals surface area contributed by atoms with Crippen LogP contribution in [-0.2, 0) is 19.1 Å². The van der Waals surface area contributed by atoms with Crippen LogP contribution >= 0.6 is 11.8 Å². The SMILES string of the molecule is CC(=O)N1COC2C(CSc3ccncc3)=C(C(=O)[O-])N3C(=O)[C@@H]1[C@@H]23.[Na+]. The molecule has 4 heterocycles. The summed E-state index contributed by atoms with van der Waals surface area (Å²) in [5, 5.41) is 11.6. The quantitative estimate of drug-likeness (QED) is 0.296. The number of pyridine rings is 1. The number of carbonyl (C=O) groups is 3. The van der Waals surface area contributed by atoms with Crippen LogP contribution in [0.5, 0.6) is 0 Å². The first-order valence-corrected chi connectivity index (χ1v) is 8.68. The maximum Gasteiger partial charge on any atom is 1.00 e. The zero-order valence-electron chi connectivity index (χ0n) is 14.2. The number of rotatable bonds is 4. The van der Waals surface area contributed by atoms with E-state index in [9.17, 15) is 19.5 Å². The molecule has 0 radical (unpaired) electrons. The van der Waals surface area contributed by atoms with Gasteiger partial charge in [0.25, 0.3) is 5.91 Å². The van der Waals surface area contributed by atoms with Crippen LogP contribution in [0.1, 0.15) is 6.92 Å². The Bertz CT molecular complexity index is 802. The van der Waals surface area contributed by atoms with Crippen molar-refractivity contribution in [2.45, 2.75) is 30.0 Å². The third-order valence-electron chi connectivity index (χ3n) is 4.68. The van der Waals surface area contributed by atoms with E-state index in [0.717, 1.165) is 4.90 Å². The van der Waals surface area contributed by atoms with Crippen LogP contribution in [0.25, 0.3) is 0 Å². The molecule has 1 aromatic rings. The second-order valence-electron chi connectivity index (χ2n) is 5.98. The average molecular weight is 383 g/mol. The van der Waals surface area contributed by atoms with Crippen molar-refractivity contribution in [3.63, 3.8) is 0 Å². The summed E-state index contributed by atoms with van der Waals surface area (Å²) in [6.45, 7) is 1.34. The van der Waals surface area contributed by atoms with Crippen molar-refractivity contribution in [1.29, 1.82) is 0 Å². The Morgan fingerprint density at radius 2 is 2.08 bits per heavy atom. The number of hydrogen-bond acceptors (Lipinski definition) is 7. The number of aromatic nitrogens is 1. The standard InChI is InChI=1S/C16H15N3O5S.Na/c1-8(20)18-7-24-14-10(6-25-9-2-4-17-5-3-9)11(16(22)23)19-12(14)13(18)15(19)21;/h2-5,12-14H,6-7H2,1H3,(H,22,23);/q;+1/p-1/t12-,13-,14?;/m0./s1. The van der Waals surface area contributed by atoms with Crippen LogP contribution in [0, 0.1) is 0 Å². The van der Waals surface area contributed by atoms with Crippen molar-refractivity contribution < 1.29 is 53.8 Å². The molecular weight excluding hydrogens is 369 g/mol. The van der Waals surface area contributed by atoms with Gasteiger partial charge in [0.2, 0.25) is 5.91 Å². The molecule has 0 aromatic carbocycles. The fourth-order valence-electron chi connectivity index (χ4n) is 3.57. The molecule has 130 valence electrons. The number of ether oxygens (including phenoxy) is 1. The second kappa shape index (κ2) is 7.32. The molecule has 0 spiro atoms. The zero-order valence-corrected chi connectivity index (χ0v) is 17.1. The predicted octanol–water partition coefficient (Wildman–Crippen LogP) is -4.02. The van der Waals surface area contributed by atoms with Crippen LogP contribution in [-0.4, -0.2) is 63.2 Å². The Balaban J connectivity index is 0.00000196. The van der Waals surface area contributed by atoms with E-state index in [-0.39, 0.29) is 47.9 Å². The van der Waals surface area contributed by atoms with Crippen LogP contribution < -0.4 is 34.7 Å². The van der Waals surface area contributed by atoms with E-state index in [1.807, 2.05) is 12.1 Å². The van der Waals surface area contributed by atoms with E-state index in [1.54, 1.807) is 12.4 Å². The first-order chi connectivity index (χ1) is 12.0. The van der Waals surface area contributed by atoms with E-state index in [0.29, 0.717) is 11.3 Å². The molecule has 1 aromatic heterocycles. The molecule has 0 bridgehead atoms. The van der Waals surface area contributed by atoms with Gasteiger partial charge in [-0.05, 0) is 17.7 Å². The zero-order chi connectivity index (χ0) is 17.7. The van der Waals surface area contributed by atoms with Crippen molar-refractivity contribution >= 4 is 29.5 Å². The number of hydrogen-bond donors (Lipinski definition) is 0. The van der Waals surface area contributed by atoms with Crippen molar-refractivity contribution in [2.24, 2.45) is 0 Å². The Labute approximate surface area is 175 Å². The van der Waals surface area contributed by atoms with E-state index < -0.39 is 30.1 Å². The van der Waals surface area contributed by atoms with Crippen molar-refractivity contribution in [2.75, 3.05) is 12.5 Å². The summed E-state index contributed by atoms with van der Waals surface area (Å²) in [7, 11) is 0. The number of carboxylic acid groups (broad SMARTS) is 1. The smallest absolute Gasteiger partial charge is 0.543 e. The van der Waals surface area contributed by atoms with Crippen LogP contribution in [0.15, 0.2) is 40.7 Å². The molecule has 2 saturated heterocycles. The molecule has 1 unspecified atom stereocenters. The molecule has 3 aliphatic rings. The molecule has 4 rings (SSSR count). The van der Waals surface area contributed by atoms with Crippen molar-refractivity contribution in [1.82, 2.24) is 14.8 Å². The van der Waals surface area contributed by atoms with Gasteiger partial charge in [0.1, 0.15) is 18.9 Å². The average Bonchev–Trinajstić information content (AvgIpc) is 2.92. The minimum Gasteiger partial charge on any atom is -0.543 e. The van der Waals surface area contributed by atoms with Gasteiger partial charge in [-0.2, -0.15) is 0 Å². The van der Waals surface area contributed by atoms with Gasteiger partial charge < -0.3 is 19.5 Å². The molecule has 2 fully saturated rings. The van der Waals surface area contributed by atoms with Gasteiger partial charge >= 0.3 is 29.6 Å². The Morgan fingerprint density at radius 3 is 2.69 bits per heavy atom. The van der Waals surface area contributed by atoms with Gasteiger partial charge in [-0.1, -0.05) is 0 Å². The Morgan fingerprint density at radius 1 is 1.38 bits per heavy atom. The van der Waals surface area contributed by atoms with Crippen LogP contribution in [0.3, 0.4) is 0 Å². The van der Waals surface area contributed by atoms with E-state index in [1.165, 1.54) is 28.5 Å². The Kier molecular flexibility index (Phi) is 5.45. The molecule has 0 saturated carbocycles. The molecule has 10 heteroatoms. The Hall–Kier alpha value is -1.39. The van der Waals surface area contributed by atoms with Crippen LogP contribution in [0.4, 0.5) is 0 Å². The van der Waals surface area contributed by atoms with E-state index >= 15 is 0 Å². The first-order valence-electron chi connectivity index (χ1n) is 7.70. The number of thioether (sulfide) groups is 1. The summed E-state index contributed by atoms with van der Waals surface area (Å²) in [4.78, 5) is 43.2. The maximum atomic E-state index is 12.4. The maximum absolute atomic E-state index is 12.4. The molecule has 2 amide bonds. The molecule has 3 aliphatic heterocycles. The van der Waals surface area contributed by atoms with Gasteiger partial charge in [0.05, 0.1) is 17.7 Å². The largest absolute Gasteiger partial charge is 1.00 e. The van der Waals surface area contributed by atoms with Gasteiger partial charge in [-0.25, -0.2) is 0 Å². The number of amides is 2. The summed E-state index contributed by atoms with van der Waals surface area (Å²) in [6, 6.07) is 2.50. The molecule has 3 atom stereocenters. The minimum absolute atomic E-state index is 0. The normalized spacial score (nSPS) is 26.2. The fraction of sp³-hybridized carbons (Fsp3) is 0.375. The van der Waals surface area contributed by atoms with E-state index in [2.05, 4.69) is 4.98 Å². The molecule has 0 aliphatic carbocycles. The fourth-order valence-corrected chi connectivity index (χ4v) is 4.51. The number of carbonyl (C=O) groups excluding carboxylic acids is 3. The summed E-state index contributed by atoms with van der Waals surface area (Å²) in [5.74, 6) is -1.71.